The van der Waals surface area contributed by atoms with E-state index < -0.39 is 39.9 Å². The zero-order valence-corrected chi connectivity index (χ0v) is 17.7. The second kappa shape index (κ2) is 8.65. The zero-order chi connectivity index (χ0) is 23.7. The van der Waals surface area contributed by atoms with Gasteiger partial charge in [0.15, 0.2) is 16.4 Å². The number of aromatic nitrogens is 1. The Morgan fingerprint density at radius 3 is 2.34 bits per heavy atom. The Morgan fingerprint density at radius 1 is 1.12 bits per heavy atom. The molecule has 32 heavy (non-hydrogen) atoms. The predicted molar refractivity (Wildman–Crippen MR) is 107 cm³/mol. The zero-order valence-electron chi connectivity index (χ0n) is 16.9. The molecule has 0 amide bonds. The number of alkyl halides is 3. The first-order chi connectivity index (χ1) is 14.9. The first-order valence-corrected chi connectivity index (χ1v) is 10.8. The number of carboxylic acid groups (broad SMARTS) is 1. The average Bonchev–Trinajstić information content (AvgIpc) is 3.06. The van der Waals surface area contributed by atoms with Crippen molar-refractivity contribution < 1.29 is 40.6 Å². The second-order valence-corrected chi connectivity index (χ2v) is 8.96. The first-order valence-electron chi connectivity index (χ1n) is 9.19. The maximum Gasteiger partial charge on any atom is 0.416 e. The van der Waals surface area contributed by atoms with Gasteiger partial charge in [-0.2, -0.15) is 13.2 Å². The summed E-state index contributed by atoms with van der Waals surface area (Å²) in [5, 5.41) is 8.69. The van der Waals surface area contributed by atoms with E-state index in [0.717, 1.165) is 12.1 Å². The van der Waals surface area contributed by atoms with E-state index in [-0.39, 0.29) is 27.9 Å². The van der Waals surface area contributed by atoms with Crippen LogP contribution in [-0.2, 0) is 26.6 Å². The summed E-state index contributed by atoms with van der Waals surface area (Å²) in [4.78, 5) is 14.7. The van der Waals surface area contributed by atoms with Crippen molar-refractivity contribution in [3.63, 3.8) is 0 Å². The summed E-state index contributed by atoms with van der Waals surface area (Å²) in [6.07, 6.45) is -4.48. The molecule has 0 unspecified atom stereocenters. The Kier molecular flexibility index (Phi) is 6.31. The Labute approximate surface area is 181 Å². The maximum atomic E-state index is 12.8. The van der Waals surface area contributed by atoms with Crippen LogP contribution in [-0.4, -0.2) is 31.1 Å². The van der Waals surface area contributed by atoms with Crippen LogP contribution in [0.2, 0.25) is 0 Å². The van der Waals surface area contributed by atoms with Gasteiger partial charge in [-0.1, -0.05) is 0 Å². The molecule has 0 radical (unpaired) electrons. The third kappa shape index (κ3) is 5.28. The molecule has 0 spiro atoms. The highest BCUT2D eigenvalue weighted by Gasteiger charge is 2.30. The highest BCUT2D eigenvalue weighted by atomic mass is 32.2. The van der Waals surface area contributed by atoms with Gasteiger partial charge in [-0.25, -0.2) is 18.2 Å². The third-order valence-electron chi connectivity index (χ3n) is 4.53. The van der Waals surface area contributed by atoms with Gasteiger partial charge >= 0.3 is 12.1 Å². The number of sulfone groups is 1. The van der Waals surface area contributed by atoms with E-state index >= 15 is 0 Å². The van der Waals surface area contributed by atoms with Crippen LogP contribution in [0, 0.1) is 13.8 Å². The van der Waals surface area contributed by atoms with Crippen molar-refractivity contribution in [3.8, 4) is 17.2 Å². The topological polar surface area (TPSA) is 107 Å². The van der Waals surface area contributed by atoms with Gasteiger partial charge in [0.2, 0.25) is 5.89 Å². The van der Waals surface area contributed by atoms with E-state index in [4.69, 9.17) is 14.3 Å². The molecule has 0 atom stereocenters. The van der Waals surface area contributed by atoms with Gasteiger partial charge in [-0.05, 0) is 61.9 Å². The number of benzene rings is 2. The molecule has 0 aliphatic heterocycles. The van der Waals surface area contributed by atoms with E-state index in [1.54, 1.807) is 6.92 Å². The number of oxazole rings is 1. The molecule has 0 aliphatic carbocycles. The summed E-state index contributed by atoms with van der Waals surface area (Å²) < 4.78 is 74.5. The normalized spacial score (nSPS) is 12.0. The monoisotopic (exact) mass is 469 g/mol. The van der Waals surface area contributed by atoms with Crippen LogP contribution in [0.5, 0.6) is 5.75 Å². The lowest BCUT2D eigenvalue weighted by Crippen LogP contribution is -2.11. The molecule has 3 aromatic rings. The quantitative estimate of drug-likeness (QED) is 0.546. The molecule has 0 bridgehead atoms. The van der Waals surface area contributed by atoms with Gasteiger partial charge in [0, 0.05) is 5.56 Å². The van der Waals surface area contributed by atoms with Crippen molar-refractivity contribution in [3.05, 3.63) is 65.0 Å². The largest absolute Gasteiger partial charge is 0.482 e. The van der Waals surface area contributed by atoms with Crippen molar-refractivity contribution in [1.29, 1.82) is 0 Å². The number of hydrogen-bond donors (Lipinski definition) is 1. The summed E-state index contributed by atoms with van der Waals surface area (Å²) in [6, 6.07) is 8.20. The Balaban J connectivity index is 1.82. The van der Waals surface area contributed by atoms with E-state index in [9.17, 15) is 26.4 Å². The third-order valence-corrected chi connectivity index (χ3v) is 6.14. The highest BCUT2D eigenvalue weighted by molar-refractivity contribution is 7.90. The molecule has 0 saturated heterocycles. The van der Waals surface area contributed by atoms with Gasteiger partial charge in [0.1, 0.15) is 17.3 Å². The molecule has 7 nitrogen and oxygen atoms in total. The fourth-order valence-corrected chi connectivity index (χ4v) is 4.27. The van der Waals surface area contributed by atoms with Crippen LogP contribution < -0.4 is 4.74 Å². The van der Waals surface area contributed by atoms with Crippen molar-refractivity contribution in [2.75, 3.05) is 6.61 Å². The van der Waals surface area contributed by atoms with Crippen LogP contribution in [0.4, 0.5) is 13.2 Å². The highest BCUT2D eigenvalue weighted by Crippen LogP contribution is 2.32. The van der Waals surface area contributed by atoms with Crippen molar-refractivity contribution in [2.45, 2.75) is 30.7 Å². The van der Waals surface area contributed by atoms with Gasteiger partial charge in [-0.3, -0.25) is 0 Å². The average molecular weight is 469 g/mol. The van der Waals surface area contributed by atoms with Crippen LogP contribution in [0.25, 0.3) is 11.5 Å². The van der Waals surface area contributed by atoms with Gasteiger partial charge in [0.25, 0.3) is 0 Å². The first kappa shape index (κ1) is 23.3. The molecule has 170 valence electrons. The molecule has 2 aromatic carbocycles. The molecule has 3 rings (SSSR count). The standard InChI is InChI=1S/C21H18F3NO6S/c1-12-9-16(7-8-17(12)30-10-19(26)27)32(28,29)11-18-13(2)25-20(31-18)14-3-5-15(6-4-14)21(22,23)24/h3-9H,10-11H2,1-2H3,(H,26,27). The van der Waals surface area contributed by atoms with Crippen molar-refractivity contribution in [1.82, 2.24) is 4.98 Å². The lowest BCUT2D eigenvalue weighted by atomic mass is 10.1. The van der Waals surface area contributed by atoms with E-state index in [0.29, 0.717) is 11.3 Å². The molecule has 11 heteroatoms. The summed E-state index contributed by atoms with van der Waals surface area (Å²) in [5.41, 5.74) is 0.188. The van der Waals surface area contributed by atoms with Crippen LogP contribution >= 0.6 is 0 Å². The van der Waals surface area contributed by atoms with Crippen LogP contribution in [0.3, 0.4) is 0 Å². The van der Waals surface area contributed by atoms with Gasteiger partial charge < -0.3 is 14.3 Å². The maximum absolute atomic E-state index is 12.8. The Bertz CT molecular complexity index is 1250. The molecule has 1 heterocycles. The fraction of sp³-hybridized carbons (Fsp3) is 0.238. The summed E-state index contributed by atoms with van der Waals surface area (Å²) in [7, 11) is -3.86. The Hall–Kier alpha value is -3.34. The molecule has 0 aliphatic rings. The summed E-state index contributed by atoms with van der Waals surface area (Å²) in [6.45, 7) is 2.56. The number of halogens is 3. The Morgan fingerprint density at radius 2 is 1.78 bits per heavy atom. The minimum absolute atomic E-state index is 0.00928. The van der Waals surface area contributed by atoms with Crippen LogP contribution in [0.15, 0.2) is 51.8 Å². The van der Waals surface area contributed by atoms with Crippen molar-refractivity contribution >= 4 is 15.8 Å². The minimum Gasteiger partial charge on any atom is -0.482 e. The van der Waals surface area contributed by atoms with Gasteiger partial charge in [-0.15, -0.1) is 0 Å². The summed E-state index contributed by atoms with van der Waals surface area (Å²) >= 11 is 0. The number of nitrogens with zero attached hydrogens (tertiary/aromatic N) is 1. The van der Waals surface area contributed by atoms with Crippen molar-refractivity contribution in [2.24, 2.45) is 0 Å². The number of hydrogen-bond acceptors (Lipinski definition) is 6. The predicted octanol–water partition coefficient (Wildman–Crippen LogP) is 4.41. The molecular weight excluding hydrogens is 451 g/mol. The van der Waals surface area contributed by atoms with Gasteiger partial charge in [0.05, 0.1) is 16.2 Å². The number of ether oxygens (including phenoxy) is 1. The number of rotatable bonds is 7. The number of aliphatic carboxylic acids is 1. The SMILES string of the molecule is Cc1cc(S(=O)(=O)Cc2oc(-c3ccc(C(F)(F)F)cc3)nc2C)ccc1OCC(=O)O. The number of carbonyl (C=O) groups is 1. The molecule has 1 aromatic heterocycles. The lowest BCUT2D eigenvalue weighted by Gasteiger charge is -2.09. The smallest absolute Gasteiger partial charge is 0.416 e. The van der Waals surface area contributed by atoms with Crippen LogP contribution in [0.1, 0.15) is 22.6 Å². The molecule has 0 saturated carbocycles. The molecule has 1 N–H and O–H groups in total. The van der Waals surface area contributed by atoms with E-state index in [1.165, 1.54) is 37.3 Å². The number of aryl methyl sites for hydroxylation is 2. The molecular formula is C21H18F3NO6S. The molecule has 0 fully saturated rings. The van der Waals surface area contributed by atoms with E-state index in [1.807, 2.05) is 0 Å². The number of carboxylic acids is 1. The lowest BCUT2D eigenvalue weighted by molar-refractivity contribution is -0.139. The van der Waals surface area contributed by atoms with E-state index in [2.05, 4.69) is 4.98 Å². The second-order valence-electron chi connectivity index (χ2n) is 6.97. The summed E-state index contributed by atoms with van der Waals surface area (Å²) in [5.74, 6) is -1.36. The minimum atomic E-state index is -4.48. The fourth-order valence-electron chi connectivity index (χ4n) is 2.86.